The summed E-state index contributed by atoms with van der Waals surface area (Å²) in [5.41, 5.74) is 1.16. The van der Waals surface area contributed by atoms with Crippen LogP contribution in [0.15, 0.2) is 0 Å². The van der Waals surface area contributed by atoms with Crippen LogP contribution in [0.25, 0.3) is 10.2 Å². The molecule has 1 saturated carbocycles. The molecule has 2 aromatic rings. The van der Waals surface area contributed by atoms with E-state index in [1.165, 1.54) is 0 Å². The molecule has 0 atom stereocenters. The second-order valence-electron chi connectivity index (χ2n) is 4.47. The van der Waals surface area contributed by atoms with E-state index >= 15 is 0 Å². The first kappa shape index (κ1) is 10.7. The van der Waals surface area contributed by atoms with E-state index in [9.17, 15) is 9.90 Å². The highest BCUT2D eigenvalue weighted by Crippen LogP contribution is 2.40. The molecule has 0 radical (unpaired) electrons. The zero-order chi connectivity index (χ0) is 12.2. The minimum absolute atomic E-state index is 0.166. The van der Waals surface area contributed by atoms with Gasteiger partial charge in [-0.2, -0.15) is 0 Å². The van der Waals surface area contributed by atoms with Crippen LogP contribution in [-0.4, -0.2) is 21.0 Å². The van der Waals surface area contributed by atoms with Gasteiger partial charge in [-0.15, -0.1) is 11.3 Å². The summed E-state index contributed by atoms with van der Waals surface area (Å²) in [5.74, 6) is 0.122. The van der Waals surface area contributed by atoms with Crippen LogP contribution in [0.5, 0.6) is 0 Å². The minimum atomic E-state index is -0.958. The fraction of sp³-hybridized carbons (Fsp3) is 0.417. The number of carboxylic acids is 1. The highest BCUT2D eigenvalue weighted by atomic mass is 32.1. The van der Waals surface area contributed by atoms with Crippen molar-refractivity contribution in [3.63, 3.8) is 0 Å². The standard InChI is InChI=1S/C12H12N2O2S/c1-5-6(2)17-11-8(5)9(12(15)16)13-10(14-11)7-3-4-7/h7H,3-4H2,1-2H3,(H,15,16). The fourth-order valence-electron chi connectivity index (χ4n) is 1.94. The molecule has 0 bridgehead atoms. The maximum absolute atomic E-state index is 11.3. The van der Waals surface area contributed by atoms with E-state index in [1.54, 1.807) is 11.3 Å². The quantitative estimate of drug-likeness (QED) is 0.887. The molecule has 0 aliphatic heterocycles. The number of nitrogens with zero attached hydrogens (tertiary/aromatic N) is 2. The van der Waals surface area contributed by atoms with Crippen LogP contribution in [0.1, 0.15) is 45.5 Å². The van der Waals surface area contributed by atoms with Crippen molar-refractivity contribution in [2.24, 2.45) is 0 Å². The number of hydrogen-bond donors (Lipinski definition) is 1. The van der Waals surface area contributed by atoms with Gasteiger partial charge in [-0.1, -0.05) is 0 Å². The monoisotopic (exact) mass is 248 g/mol. The Labute approximate surface area is 102 Å². The third-order valence-electron chi connectivity index (χ3n) is 3.19. The molecular weight excluding hydrogens is 236 g/mol. The lowest BCUT2D eigenvalue weighted by molar-refractivity contribution is 0.0692. The lowest BCUT2D eigenvalue weighted by atomic mass is 10.1. The molecule has 0 amide bonds. The van der Waals surface area contributed by atoms with Gasteiger partial charge in [0.25, 0.3) is 0 Å². The Morgan fingerprint density at radius 3 is 2.65 bits per heavy atom. The first-order chi connectivity index (χ1) is 8.08. The molecule has 0 unspecified atom stereocenters. The number of thiophene rings is 1. The van der Waals surface area contributed by atoms with E-state index < -0.39 is 5.97 Å². The number of carboxylic acid groups (broad SMARTS) is 1. The van der Waals surface area contributed by atoms with Crippen molar-refractivity contribution in [2.75, 3.05) is 0 Å². The topological polar surface area (TPSA) is 63.1 Å². The second kappa shape index (κ2) is 3.50. The smallest absolute Gasteiger partial charge is 0.355 e. The number of carbonyl (C=O) groups is 1. The van der Waals surface area contributed by atoms with Gasteiger partial charge in [-0.05, 0) is 32.3 Å². The largest absolute Gasteiger partial charge is 0.476 e. The number of rotatable bonds is 2. The zero-order valence-electron chi connectivity index (χ0n) is 9.65. The van der Waals surface area contributed by atoms with Crippen molar-refractivity contribution in [3.05, 3.63) is 22.0 Å². The molecule has 1 fully saturated rings. The minimum Gasteiger partial charge on any atom is -0.476 e. The lowest BCUT2D eigenvalue weighted by Gasteiger charge is -2.02. The van der Waals surface area contributed by atoms with Crippen LogP contribution >= 0.6 is 11.3 Å². The summed E-state index contributed by atoms with van der Waals surface area (Å²) in [6, 6.07) is 0. The van der Waals surface area contributed by atoms with E-state index in [-0.39, 0.29) is 5.69 Å². The molecule has 0 aromatic carbocycles. The summed E-state index contributed by atoms with van der Waals surface area (Å²) >= 11 is 1.56. The van der Waals surface area contributed by atoms with Crippen LogP contribution in [0.3, 0.4) is 0 Å². The Balaban J connectivity index is 2.35. The molecule has 1 aliphatic carbocycles. The highest BCUT2D eigenvalue weighted by molar-refractivity contribution is 7.18. The van der Waals surface area contributed by atoms with Crippen LogP contribution in [0, 0.1) is 13.8 Å². The summed E-state index contributed by atoms with van der Waals surface area (Å²) < 4.78 is 0. The van der Waals surface area contributed by atoms with Crippen molar-refractivity contribution in [3.8, 4) is 0 Å². The van der Waals surface area contributed by atoms with E-state index in [1.807, 2.05) is 13.8 Å². The van der Waals surface area contributed by atoms with Gasteiger partial charge in [0.2, 0.25) is 0 Å². The van der Waals surface area contributed by atoms with Gasteiger partial charge in [0.05, 0.1) is 0 Å². The SMILES string of the molecule is Cc1sc2nc(C3CC3)nc(C(=O)O)c2c1C. The summed E-state index contributed by atoms with van der Waals surface area (Å²) in [5, 5.41) is 9.97. The Hall–Kier alpha value is -1.49. The number of aryl methyl sites for hydroxylation is 2. The molecule has 0 saturated heterocycles. The molecule has 2 aromatic heterocycles. The molecule has 0 spiro atoms. The van der Waals surface area contributed by atoms with E-state index in [2.05, 4.69) is 9.97 Å². The van der Waals surface area contributed by atoms with Crippen molar-refractivity contribution in [1.82, 2.24) is 9.97 Å². The Kier molecular flexibility index (Phi) is 2.19. The summed E-state index contributed by atoms with van der Waals surface area (Å²) in [6.45, 7) is 3.92. The summed E-state index contributed by atoms with van der Waals surface area (Å²) in [7, 11) is 0. The van der Waals surface area contributed by atoms with E-state index in [0.717, 1.165) is 28.1 Å². The Morgan fingerprint density at radius 1 is 1.35 bits per heavy atom. The lowest BCUT2D eigenvalue weighted by Crippen LogP contribution is -2.05. The van der Waals surface area contributed by atoms with Crippen LogP contribution < -0.4 is 0 Å². The predicted molar refractivity (Wildman–Crippen MR) is 65.8 cm³/mol. The van der Waals surface area contributed by atoms with E-state index in [4.69, 9.17) is 0 Å². The van der Waals surface area contributed by atoms with Crippen molar-refractivity contribution >= 4 is 27.5 Å². The van der Waals surface area contributed by atoms with Crippen molar-refractivity contribution < 1.29 is 9.90 Å². The Morgan fingerprint density at radius 2 is 2.06 bits per heavy atom. The van der Waals surface area contributed by atoms with Gasteiger partial charge >= 0.3 is 5.97 Å². The fourth-order valence-corrected chi connectivity index (χ4v) is 2.98. The van der Waals surface area contributed by atoms with Crippen LogP contribution in [0.4, 0.5) is 0 Å². The van der Waals surface area contributed by atoms with E-state index in [0.29, 0.717) is 17.1 Å². The van der Waals surface area contributed by atoms with Gasteiger partial charge in [0.15, 0.2) is 5.69 Å². The normalized spacial score (nSPS) is 15.4. The van der Waals surface area contributed by atoms with Gasteiger partial charge in [0, 0.05) is 16.2 Å². The highest BCUT2D eigenvalue weighted by Gasteiger charge is 2.29. The molecule has 2 heterocycles. The second-order valence-corrected chi connectivity index (χ2v) is 5.68. The zero-order valence-corrected chi connectivity index (χ0v) is 10.5. The molecule has 4 nitrogen and oxygen atoms in total. The molecule has 88 valence electrons. The van der Waals surface area contributed by atoms with Crippen LogP contribution in [-0.2, 0) is 0 Å². The van der Waals surface area contributed by atoms with Gasteiger partial charge in [-0.25, -0.2) is 14.8 Å². The number of fused-ring (bicyclic) bond motifs is 1. The molecule has 5 heteroatoms. The molecule has 1 N–H and O–H groups in total. The summed E-state index contributed by atoms with van der Waals surface area (Å²) in [4.78, 5) is 22.0. The maximum Gasteiger partial charge on any atom is 0.355 e. The predicted octanol–water partition coefficient (Wildman–Crippen LogP) is 2.88. The van der Waals surface area contributed by atoms with Crippen molar-refractivity contribution in [2.45, 2.75) is 32.6 Å². The average molecular weight is 248 g/mol. The van der Waals surface area contributed by atoms with Crippen LogP contribution in [0.2, 0.25) is 0 Å². The number of aromatic nitrogens is 2. The first-order valence-electron chi connectivity index (χ1n) is 5.59. The maximum atomic E-state index is 11.3. The molecule has 3 rings (SSSR count). The third kappa shape index (κ3) is 1.61. The number of aromatic carboxylic acids is 1. The van der Waals surface area contributed by atoms with Gasteiger partial charge in [0.1, 0.15) is 10.7 Å². The third-order valence-corrected chi connectivity index (χ3v) is 4.29. The average Bonchev–Trinajstić information content (AvgIpc) is 3.07. The Bertz CT molecular complexity index is 629. The number of hydrogen-bond acceptors (Lipinski definition) is 4. The summed E-state index contributed by atoms with van der Waals surface area (Å²) in [6.07, 6.45) is 2.15. The molecule has 1 aliphatic rings. The molecular formula is C12H12N2O2S. The van der Waals surface area contributed by atoms with Crippen molar-refractivity contribution in [1.29, 1.82) is 0 Å². The van der Waals surface area contributed by atoms with Gasteiger partial charge in [-0.3, -0.25) is 0 Å². The van der Waals surface area contributed by atoms with Gasteiger partial charge < -0.3 is 5.11 Å². The molecule has 17 heavy (non-hydrogen) atoms. The first-order valence-corrected chi connectivity index (χ1v) is 6.40.